The molecule has 0 bridgehead atoms. The smallest absolute Gasteiger partial charge is 0.306 e. The summed E-state index contributed by atoms with van der Waals surface area (Å²) in [5.41, 5.74) is 3.31. The highest BCUT2D eigenvalue weighted by Crippen LogP contribution is 2.39. The Morgan fingerprint density at radius 2 is 1.54 bits per heavy atom. The van der Waals surface area contributed by atoms with Gasteiger partial charge in [-0.3, -0.25) is 14.5 Å². The van der Waals surface area contributed by atoms with Crippen molar-refractivity contribution in [1.29, 1.82) is 0 Å². The molecule has 1 aromatic heterocycles. The summed E-state index contributed by atoms with van der Waals surface area (Å²) in [5.74, 6) is 1.43. The second-order valence-electron chi connectivity index (χ2n) is 11.4. The van der Waals surface area contributed by atoms with E-state index < -0.39 is 23.1 Å². The zero-order valence-electron chi connectivity index (χ0n) is 27.9. The summed E-state index contributed by atoms with van der Waals surface area (Å²) in [6, 6.07) is 18.2. The molecule has 11 nitrogen and oxygen atoms in total. The Hall–Kier alpha value is -5.16. The quantitative estimate of drug-likeness (QED) is 0.178. The van der Waals surface area contributed by atoms with E-state index in [0.717, 1.165) is 28.9 Å². The maximum atomic E-state index is 13.1. The van der Waals surface area contributed by atoms with Crippen molar-refractivity contribution in [2.75, 3.05) is 48.7 Å². The molecule has 0 saturated carbocycles. The summed E-state index contributed by atoms with van der Waals surface area (Å²) in [6.45, 7) is 2.02. The van der Waals surface area contributed by atoms with E-state index in [2.05, 4.69) is 4.90 Å². The molecule has 1 aliphatic rings. The summed E-state index contributed by atoms with van der Waals surface area (Å²) >= 11 is 0. The van der Waals surface area contributed by atoms with Gasteiger partial charge in [0.25, 0.3) is 0 Å². The van der Waals surface area contributed by atoms with Gasteiger partial charge in [-0.05, 0) is 65.1 Å². The van der Waals surface area contributed by atoms with E-state index in [1.807, 2.05) is 36.4 Å². The fraction of sp³-hybridized carbons (Fsp3) is 0.351. The molecule has 0 saturated heterocycles. The SMILES string of the molecule is COC(=O)CC(c1ccc(OCCc2ccc(OC)cc2)c(OC)c1)c1oc(CN2CCc3cc(OC)c(OC)cc3C2)cc(=O)c1O. The van der Waals surface area contributed by atoms with Crippen LogP contribution in [0.2, 0.25) is 0 Å². The fourth-order valence-corrected chi connectivity index (χ4v) is 5.87. The number of esters is 1. The van der Waals surface area contributed by atoms with Gasteiger partial charge in [-0.15, -0.1) is 0 Å². The van der Waals surface area contributed by atoms with Crippen LogP contribution >= 0.6 is 0 Å². The highest BCUT2D eigenvalue weighted by molar-refractivity contribution is 5.71. The summed E-state index contributed by atoms with van der Waals surface area (Å²) < 4.78 is 39.0. The lowest BCUT2D eigenvalue weighted by Crippen LogP contribution is -2.30. The molecule has 0 radical (unpaired) electrons. The van der Waals surface area contributed by atoms with E-state index >= 15 is 0 Å². The second kappa shape index (κ2) is 15.6. The van der Waals surface area contributed by atoms with E-state index in [-0.39, 0.29) is 12.2 Å². The number of hydrogen-bond donors (Lipinski definition) is 1. The predicted octanol–water partition coefficient (Wildman–Crippen LogP) is 5.25. The van der Waals surface area contributed by atoms with Crippen LogP contribution < -0.4 is 29.1 Å². The normalized spacial score (nSPS) is 13.3. The van der Waals surface area contributed by atoms with Crippen molar-refractivity contribution in [1.82, 2.24) is 4.90 Å². The van der Waals surface area contributed by atoms with Crippen LogP contribution in [0.5, 0.6) is 34.5 Å². The topological polar surface area (TPSA) is 126 Å². The number of carbonyl (C=O) groups is 1. The third-order valence-electron chi connectivity index (χ3n) is 8.49. The molecule has 254 valence electrons. The minimum absolute atomic E-state index is 0.0260. The number of hydrogen-bond acceptors (Lipinski definition) is 11. The highest BCUT2D eigenvalue weighted by atomic mass is 16.5. The number of rotatable bonds is 14. The first-order valence-electron chi connectivity index (χ1n) is 15.6. The molecule has 3 aromatic carbocycles. The van der Waals surface area contributed by atoms with Crippen LogP contribution in [-0.2, 0) is 35.5 Å². The molecular formula is C37H41NO10. The molecule has 0 spiro atoms. The standard InChI is InChI=1S/C37H41NO10/c1-42-27-9-6-23(7-10-27)13-15-47-31-11-8-25(17-32(31)43-2)29(20-35(40)46-5)37-36(41)30(39)19-28(48-37)22-38-14-12-24-16-33(44-3)34(45-4)18-26(24)21-38/h6-11,16-19,29,41H,12-15,20-22H2,1-5H3. The average Bonchev–Trinajstić information content (AvgIpc) is 3.11. The number of fused-ring (bicyclic) bond motifs is 1. The van der Waals surface area contributed by atoms with Crippen molar-refractivity contribution in [2.45, 2.75) is 38.3 Å². The Kier molecular flexibility index (Phi) is 11.1. The molecule has 1 N–H and O–H groups in total. The molecule has 0 amide bonds. The maximum Gasteiger partial charge on any atom is 0.306 e. The molecular weight excluding hydrogens is 618 g/mol. The minimum Gasteiger partial charge on any atom is -0.502 e. The van der Waals surface area contributed by atoms with Crippen molar-refractivity contribution in [3.63, 3.8) is 0 Å². The first-order valence-corrected chi connectivity index (χ1v) is 15.6. The molecule has 48 heavy (non-hydrogen) atoms. The molecule has 0 fully saturated rings. The zero-order valence-corrected chi connectivity index (χ0v) is 27.9. The van der Waals surface area contributed by atoms with Gasteiger partial charge in [0.1, 0.15) is 11.5 Å². The Labute approximate surface area is 279 Å². The summed E-state index contributed by atoms with van der Waals surface area (Å²) in [5, 5.41) is 11.0. The minimum atomic E-state index is -0.842. The average molecular weight is 660 g/mol. The summed E-state index contributed by atoms with van der Waals surface area (Å²) in [4.78, 5) is 27.8. The third kappa shape index (κ3) is 7.86. The Bertz CT molecular complexity index is 1780. The Balaban J connectivity index is 1.38. The van der Waals surface area contributed by atoms with Crippen LogP contribution in [0.25, 0.3) is 0 Å². The Morgan fingerprint density at radius 1 is 0.854 bits per heavy atom. The van der Waals surface area contributed by atoms with Gasteiger partial charge >= 0.3 is 5.97 Å². The monoisotopic (exact) mass is 659 g/mol. The molecule has 0 aliphatic carbocycles. The summed E-state index contributed by atoms with van der Waals surface area (Å²) in [7, 11) is 7.64. The van der Waals surface area contributed by atoms with Gasteiger partial charge in [0.15, 0.2) is 28.8 Å². The van der Waals surface area contributed by atoms with Crippen molar-refractivity contribution in [2.24, 2.45) is 0 Å². The van der Waals surface area contributed by atoms with Crippen LogP contribution in [0, 0.1) is 0 Å². The number of ether oxygens (including phenoxy) is 6. The second-order valence-corrected chi connectivity index (χ2v) is 11.4. The van der Waals surface area contributed by atoms with Gasteiger partial charge in [0, 0.05) is 25.6 Å². The van der Waals surface area contributed by atoms with Crippen LogP contribution in [0.4, 0.5) is 0 Å². The van der Waals surface area contributed by atoms with Gasteiger partial charge in [-0.1, -0.05) is 18.2 Å². The third-order valence-corrected chi connectivity index (χ3v) is 8.49. The lowest BCUT2D eigenvalue weighted by atomic mass is 9.91. The van der Waals surface area contributed by atoms with Crippen LogP contribution in [0.3, 0.4) is 0 Å². The van der Waals surface area contributed by atoms with Gasteiger partial charge in [-0.2, -0.15) is 0 Å². The lowest BCUT2D eigenvalue weighted by Gasteiger charge is -2.29. The fourth-order valence-electron chi connectivity index (χ4n) is 5.87. The molecule has 1 aliphatic heterocycles. The lowest BCUT2D eigenvalue weighted by molar-refractivity contribution is -0.140. The highest BCUT2D eigenvalue weighted by Gasteiger charge is 2.28. The van der Waals surface area contributed by atoms with Crippen molar-refractivity contribution in [3.05, 3.63) is 105 Å². The van der Waals surface area contributed by atoms with Crippen molar-refractivity contribution < 1.29 is 42.7 Å². The van der Waals surface area contributed by atoms with Crippen LogP contribution in [-0.4, -0.2) is 64.7 Å². The molecule has 1 atom stereocenters. The van der Waals surface area contributed by atoms with E-state index in [9.17, 15) is 14.7 Å². The molecule has 5 rings (SSSR count). The molecule has 11 heteroatoms. The van der Waals surface area contributed by atoms with Crippen molar-refractivity contribution >= 4 is 5.97 Å². The first kappa shape index (κ1) is 34.2. The molecule has 4 aromatic rings. The predicted molar refractivity (Wildman–Crippen MR) is 178 cm³/mol. The summed E-state index contributed by atoms with van der Waals surface area (Å²) in [6.07, 6.45) is 1.25. The van der Waals surface area contributed by atoms with E-state index in [1.54, 1.807) is 39.5 Å². The number of aromatic hydroxyl groups is 1. The maximum absolute atomic E-state index is 13.1. The number of carbonyl (C=O) groups excluding carboxylic acids is 1. The van der Waals surface area contributed by atoms with Gasteiger partial charge < -0.3 is 37.9 Å². The largest absolute Gasteiger partial charge is 0.502 e. The first-order chi connectivity index (χ1) is 23.3. The van der Waals surface area contributed by atoms with Crippen molar-refractivity contribution in [3.8, 4) is 34.5 Å². The number of benzene rings is 3. The van der Waals surface area contributed by atoms with Gasteiger partial charge in [0.05, 0.1) is 61.0 Å². The van der Waals surface area contributed by atoms with E-state index in [0.29, 0.717) is 67.0 Å². The molecule has 1 unspecified atom stereocenters. The van der Waals surface area contributed by atoms with Crippen LogP contribution in [0.1, 0.15) is 46.1 Å². The Morgan fingerprint density at radius 3 is 2.21 bits per heavy atom. The zero-order chi connectivity index (χ0) is 34.2. The van der Waals surface area contributed by atoms with Gasteiger partial charge in [-0.25, -0.2) is 0 Å². The van der Waals surface area contributed by atoms with Gasteiger partial charge in [0.2, 0.25) is 11.2 Å². The van der Waals surface area contributed by atoms with Crippen LogP contribution in [0.15, 0.2) is 69.9 Å². The molecule has 2 heterocycles. The number of methoxy groups -OCH3 is 5. The number of nitrogens with zero attached hydrogens (tertiary/aromatic N) is 1. The van der Waals surface area contributed by atoms with E-state index in [4.69, 9.17) is 32.8 Å². The van der Waals surface area contributed by atoms with E-state index in [1.165, 1.54) is 20.3 Å².